The lowest BCUT2D eigenvalue weighted by molar-refractivity contribution is -0.115. The molecular weight excluding hydrogens is 408 g/mol. The number of rotatable bonds is 6. The van der Waals surface area contributed by atoms with Crippen LogP contribution in [0, 0.1) is 13.8 Å². The highest BCUT2D eigenvalue weighted by atomic mass is 16.7. The molecule has 1 aliphatic carbocycles. The maximum absolute atomic E-state index is 12.5. The van der Waals surface area contributed by atoms with Gasteiger partial charge in [0.05, 0.1) is 17.7 Å². The summed E-state index contributed by atoms with van der Waals surface area (Å²) in [6.45, 7) is 4.16. The number of hydrogen-bond donors (Lipinski definition) is 1. The van der Waals surface area contributed by atoms with Crippen LogP contribution in [0.15, 0.2) is 47.0 Å². The predicted molar refractivity (Wildman–Crippen MR) is 118 cm³/mol. The van der Waals surface area contributed by atoms with Crippen LogP contribution in [0.5, 0.6) is 17.2 Å². The second-order valence-corrected chi connectivity index (χ2v) is 8.44. The number of nitrogens with one attached hydrogen (secondary N) is 1. The van der Waals surface area contributed by atoms with Crippen LogP contribution >= 0.6 is 0 Å². The van der Waals surface area contributed by atoms with E-state index in [-0.39, 0.29) is 12.3 Å². The van der Waals surface area contributed by atoms with Gasteiger partial charge in [-0.15, -0.1) is 0 Å². The summed E-state index contributed by atoms with van der Waals surface area (Å²) in [5.74, 6) is 2.34. The molecule has 166 valence electrons. The van der Waals surface area contributed by atoms with E-state index in [4.69, 9.17) is 18.7 Å². The van der Waals surface area contributed by atoms with Crippen LogP contribution in [-0.4, -0.2) is 16.9 Å². The number of nitrogens with zero attached hydrogens (tertiary/aromatic N) is 1. The lowest BCUT2D eigenvalue weighted by atomic mass is 10.1. The van der Waals surface area contributed by atoms with Gasteiger partial charge in [0.15, 0.2) is 11.5 Å². The van der Waals surface area contributed by atoms with Gasteiger partial charge in [0.2, 0.25) is 5.91 Å². The summed E-state index contributed by atoms with van der Waals surface area (Å²) >= 11 is 0. The van der Waals surface area contributed by atoms with E-state index in [9.17, 15) is 4.79 Å². The van der Waals surface area contributed by atoms with Gasteiger partial charge in [-0.2, -0.15) is 0 Å². The van der Waals surface area contributed by atoms with Crippen molar-refractivity contribution >= 4 is 11.6 Å². The zero-order valence-corrected chi connectivity index (χ0v) is 18.3. The summed E-state index contributed by atoms with van der Waals surface area (Å²) in [7, 11) is 0. The minimum atomic E-state index is -0.500. The van der Waals surface area contributed by atoms with Crippen molar-refractivity contribution in [3.8, 4) is 17.2 Å². The lowest BCUT2D eigenvalue weighted by Crippen LogP contribution is -2.34. The zero-order valence-electron chi connectivity index (χ0n) is 18.3. The first-order valence-corrected chi connectivity index (χ1v) is 11.0. The van der Waals surface area contributed by atoms with E-state index in [1.54, 1.807) is 0 Å². The maximum Gasteiger partial charge on any atom is 0.251 e. The first-order valence-electron chi connectivity index (χ1n) is 11.0. The number of aryl methyl sites for hydroxylation is 2. The Balaban J connectivity index is 1.16. The molecule has 32 heavy (non-hydrogen) atoms. The summed E-state index contributed by atoms with van der Waals surface area (Å²) in [6.07, 6.45) is 4.30. The molecule has 2 heterocycles. The molecule has 1 aliphatic heterocycles. The molecule has 0 radical (unpaired) electrons. The summed E-state index contributed by atoms with van der Waals surface area (Å²) in [6, 6.07) is 13.1. The SMILES string of the molecule is Cc1noc(C)c1COc1ccc(CC(=O)Nc2ccc3c(c2)OC2(CCCC2)O3)cc1. The molecule has 1 N–H and O–H groups in total. The van der Waals surface area contributed by atoms with E-state index in [0.29, 0.717) is 18.0 Å². The quantitative estimate of drug-likeness (QED) is 0.582. The standard InChI is InChI=1S/C25H26N2O5/c1-16-21(17(2)32-27-16)15-29-20-8-5-18(6-9-20)13-24(28)26-19-7-10-22-23(14-19)31-25(30-22)11-3-4-12-25/h5-10,14H,3-4,11-13,15H2,1-2H3,(H,26,28). The van der Waals surface area contributed by atoms with Crippen molar-refractivity contribution in [2.24, 2.45) is 0 Å². The molecule has 1 aromatic heterocycles. The number of carbonyl (C=O) groups is 1. The van der Waals surface area contributed by atoms with E-state index in [2.05, 4.69) is 10.5 Å². The molecule has 2 aliphatic rings. The number of fused-ring (bicyclic) bond motifs is 1. The van der Waals surface area contributed by atoms with Crippen molar-refractivity contribution in [1.29, 1.82) is 0 Å². The number of ether oxygens (including phenoxy) is 3. The molecule has 7 nitrogen and oxygen atoms in total. The van der Waals surface area contributed by atoms with E-state index < -0.39 is 5.79 Å². The van der Waals surface area contributed by atoms with Crippen molar-refractivity contribution in [2.45, 2.75) is 58.3 Å². The molecule has 0 bridgehead atoms. The van der Waals surface area contributed by atoms with E-state index in [1.807, 2.05) is 56.3 Å². The van der Waals surface area contributed by atoms with E-state index in [1.165, 1.54) is 0 Å². The Bertz CT molecular complexity index is 1110. The van der Waals surface area contributed by atoms with Gasteiger partial charge in [0.1, 0.15) is 18.1 Å². The zero-order chi connectivity index (χ0) is 22.1. The van der Waals surface area contributed by atoms with Crippen molar-refractivity contribution in [3.05, 3.63) is 65.0 Å². The first-order chi connectivity index (χ1) is 15.5. The Kier molecular flexibility index (Phi) is 5.25. The number of amides is 1. The number of carbonyl (C=O) groups excluding carboxylic acids is 1. The highest BCUT2D eigenvalue weighted by Gasteiger charge is 2.44. The molecular formula is C25H26N2O5. The third-order valence-electron chi connectivity index (χ3n) is 6.04. The molecule has 3 aromatic rings. The fraction of sp³-hybridized carbons (Fsp3) is 0.360. The second kappa shape index (κ2) is 8.22. The van der Waals surface area contributed by atoms with Gasteiger partial charge in [-0.25, -0.2) is 0 Å². The largest absolute Gasteiger partial charge is 0.489 e. The summed E-state index contributed by atoms with van der Waals surface area (Å²) in [5.41, 5.74) is 3.39. The number of benzene rings is 2. The molecule has 7 heteroatoms. The molecule has 1 fully saturated rings. The van der Waals surface area contributed by atoms with Crippen molar-refractivity contribution in [3.63, 3.8) is 0 Å². The van der Waals surface area contributed by atoms with Gasteiger partial charge in [-0.3, -0.25) is 4.79 Å². The van der Waals surface area contributed by atoms with Crippen molar-refractivity contribution in [2.75, 3.05) is 5.32 Å². The maximum atomic E-state index is 12.5. The smallest absolute Gasteiger partial charge is 0.251 e. The Labute approximate surface area is 186 Å². The van der Waals surface area contributed by atoms with Gasteiger partial charge in [0.25, 0.3) is 5.79 Å². The summed E-state index contributed by atoms with van der Waals surface area (Å²) in [4.78, 5) is 12.5. The summed E-state index contributed by atoms with van der Waals surface area (Å²) < 4.78 is 23.1. The minimum Gasteiger partial charge on any atom is -0.489 e. The molecule has 1 saturated carbocycles. The van der Waals surface area contributed by atoms with Crippen LogP contribution in [-0.2, 0) is 17.8 Å². The number of aromatic nitrogens is 1. The third-order valence-corrected chi connectivity index (χ3v) is 6.04. The molecule has 0 atom stereocenters. The summed E-state index contributed by atoms with van der Waals surface area (Å²) in [5, 5.41) is 6.88. The molecule has 1 spiro atoms. The normalized spacial score (nSPS) is 15.8. The Morgan fingerprint density at radius 3 is 2.53 bits per heavy atom. The van der Waals surface area contributed by atoms with Crippen LogP contribution in [0.3, 0.4) is 0 Å². The monoisotopic (exact) mass is 434 g/mol. The fourth-order valence-electron chi connectivity index (χ4n) is 4.25. The third kappa shape index (κ3) is 4.15. The Morgan fingerprint density at radius 1 is 1.06 bits per heavy atom. The van der Waals surface area contributed by atoms with Gasteiger partial charge < -0.3 is 24.1 Å². The van der Waals surface area contributed by atoms with Crippen molar-refractivity contribution in [1.82, 2.24) is 5.16 Å². The molecule has 1 amide bonds. The molecule has 0 unspecified atom stereocenters. The number of anilines is 1. The lowest BCUT2D eigenvalue weighted by Gasteiger charge is -2.21. The van der Waals surface area contributed by atoms with Crippen LogP contribution in [0.25, 0.3) is 0 Å². The molecule has 2 aromatic carbocycles. The predicted octanol–water partition coefficient (Wildman–Crippen LogP) is 5.09. The minimum absolute atomic E-state index is 0.0937. The van der Waals surface area contributed by atoms with E-state index >= 15 is 0 Å². The van der Waals surface area contributed by atoms with Gasteiger partial charge in [-0.1, -0.05) is 17.3 Å². The van der Waals surface area contributed by atoms with Gasteiger partial charge in [0, 0.05) is 24.6 Å². The van der Waals surface area contributed by atoms with Crippen LogP contribution in [0.1, 0.15) is 48.3 Å². The Morgan fingerprint density at radius 2 is 1.81 bits per heavy atom. The van der Waals surface area contributed by atoms with E-state index in [0.717, 1.165) is 59.8 Å². The van der Waals surface area contributed by atoms with Gasteiger partial charge in [-0.05, 0) is 56.5 Å². The molecule has 0 saturated heterocycles. The topological polar surface area (TPSA) is 82.8 Å². The van der Waals surface area contributed by atoms with Crippen LogP contribution in [0.2, 0.25) is 0 Å². The average Bonchev–Trinajstić information content (AvgIpc) is 3.47. The fourth-order valence-corrected chi connectivity index (χ4v) is 4.25. The number of hydrogen-bond acceptors (Lipinski definition) is 6. The van der Waals surface area contributed by atoms with Crippen LogP contribution in [0.4, 0.5) is 5.69 Å². The average molecular weight is 434 g/mol. The Hall–Kier alpha value is -3.48. The molecule has 5 rings (SSSR count). The highest BCUT2D eigenvalue weighted by Crippen LogP contribution is 2.47. The second-order valence-electron chi connectivity index (χ2n) is 8.44. The highest BCUT2D eigenvalue weighted by molar-refractivity contribution is 5.92. The van der Waals surface area contributed by atoms with Crippen molar-refractivity contribution < 1.29 is 23.5 Å². The van der Waals surface area contributed by atoms with Crippen LogP contribution < -0.4 is 19.5 Å². The first kappa shape index (κ1) is 20.4. The van der Waals surface area contributed by atoms with Gasteiger partial charge >= 0.3 is 0 Å².